The van der Waals surface area contributed by atoms with Crippen LogP contribution in [0.2, 0.25) is 5.02 Å². The van der Waals surface area contributed by atoms with Gasteiger partial charge >= 0.3 is 0 Å². The fourth-order valence-corrected chi connectivity index (χ4v) is 2.67. The molecule has 20 heavy (non-hydrogen) atoms. The van der Waals surface area contributed by atoms with Crippen LogP contribution in [-0.2, 0) is 6.42 Å². The molecule has 0 aromatic heterocycles. The van der Waals surface area contributed by atoms with Crippen molar-refractivity contribution in [1.29, 1.82) is 0 Å². The predicted molar refractivity (Wildman–Crippen MR) is 81.0 cm³/mol. The number of likely N-dealkylation sites (N-methyl/N-ethyl adjacent to an activating group) is 1. The molecule has 2 aromatic rings. The molecule has 1 nitrogen and oxygen atoms in total. The Labute approximate surface area is 130 Å². The number of rotatable bonds is 4. The minimum atomic E-state index is -0.443. The Balaban J connectivity index is 2.34. The monoisotopic (exact) mass is 359 g/mol. The molecule has 0 aliphatic rings. The first kappa shape index (κ1) is 15.4. The summed E-state index contributed by atoms with van der Waals surface area (Å²) in [6.45, 7) is 0. The number of hydrogen-bond donors (Lipinski definition) is 1. The molecule has 5 heteroatoms. The fourth-order valence-electron chi connectivity index (χ4n) is 2.08. The van der Waals surface area contributed by atoms with E-state index in [0.29, 0.717) is 12.0 Å². The van der Waals surface area contributed by atoms with Gasteiger partial charge in [-0.15, -0.1) is 0 Å². The number of benzene rings is 2. The van der Waals surface area contributed by atoms with Gasteiger partial charge in [0, 0.05) is 16.1 Å². The predicted octanol–water partition coefficient (Wildman–Crippen LogP) is 4.88. The van der Waals surface area contributed by atoms with Gasteiger partial charge in [-0.25, -0.2) is 8.78 Å². The van der Waals surface area contributed by atoms with Crippen LogP contribution in [0.5, 0.6) is 0 Å². The highest BCUT2D eigenvalue weighted by atomic mass is 79.9. The van der Waals surface area contributed by atoms with Crippen LogP contribution in [0.25, 0.3) is 0 Å². The van der Waals surface area contributed by atoms with Crippen LogP contribution in [0.3, 0.4) is 0 Å². The summed E-state index contributed by atoms with van der Waals surface area (Å²) < 4.78 is 28.2. The lowest BCUT2D eigenvalue weighted by atomic mass is 9.98. The molecule has 0 amide bonds. The highest BCUT2D eigenvalue weighted by molar-refractivity contribution is 9.10. The minimum absolute atomic E-state index is 0.0843. The molecule has 0 heterocycles. The van der Waals surface area contributed by atoms with Gasteiger partial charge in [0.15, 0.2) is 0 Å². The van der Waals surface area contributed by atoms with Gasteiger partial charge in [0.05, 0.1) is 5.02 Å². The van der Waals surface area contributed by atoms with Crippen molar-refractivity contribution in [3.8, 4) is 0 Å². The van der Waals surface area contributed by atoms with Crippen LogP contribution in [0.4, 0.5) is 8.78 Å². The summed E-state index contributed by atoms with van der Waals surface area (Å²) in [7, 11) is 1.73. The van der Waals surface area contributed by atoms with Crippen LogP contribution < -0.4 is 5.32 Å². The average molecular weight is 361 g/mol. The van der Waals surface area contributed by atoms with Crippen LogP contribution in [-0.4, -0.2) is 7.05 Å². The zero-order valence-electron chi connectivity index (χ0n) is 10.8. The van der Waals surface area contributed by atoms with Crippen molar-refractivity contribution in [2.75, 3.05) is 7.05 Å². The Morgan fingerprint density at radius 2 is 2.00 bits per heavy atom. The van der Waals surface area contributed by atoms with E-state index in [9.17, 15) is 8.78 Å². The lowest BCUT2D eigenvalue weighted by molar-refractivity contribution is 0.532. The molecule has 2 rings (SSSR count). The summed E-state index contributed by atoms with van der Waals surface area (Å²) in [4.78, 5) is 0. The van der Waals surface area contributed by atoms with Gasteiger partial charge in [-0.05, 0) is 43.3 Å². The van der Waals surface area contributed by atoms with Gasteiger partial charge in [-0.3, -0.25) is 0 Å². The first-order valence-corrected chi connectivity index (χ1v) is 7.25. The zero-order valence-corrected chi connectivity index (χ0v) is 13.1. The number of nitrogens with one attached hydrogen (secondary N) is 1. The minimum Gasteiger partial charge on any atom is -0.313 e. The summed E-state index contributed by atoms with van der Waals surface area (Å²) in [5.74, 6) is -0.759. The van der Waals surface area contributed by atoms with Crippen molar-refractivity contribution in [2.45, 2.75) is 12.5 Å². The van der Waals surface area contributed by atoms with Crippen LogP contribution in [0.1, 0.15) is 17.2 Å². The van der Waals surface area contributed by atoms with Gasteiger partial charge in [-0.1, -0.05) is 39.7 Å². The molecule has 1 atom stereocenters. The van der Waals surface area contributed by atoms with Gasteiger partial charge in [0.1, 0.15) is 11.6 Å². The summed E-state index contributed by atoms with van der Waals surface area (Å²) >= 11 is 9.18. The topological polar surface area (TPSA) is 12.0 Å². The first-order chi connectivity index (χ1) is 9.52. The van der Waals surface area contributed by atoms with Crippen LogP contribution in [0, 0.1) is 11.6 Å². The third-order valence-corrected chi connectivity index (χ3v) is 4.20. The molecule has 0 bridgehead atoms. The van der Waals surface area contributed by atoms with E-state index < -0.39 is 5.82 Å². The summed E-state index contributed by atoms with van der Waals surface area (Å²) in [5.41, 5.74) is 1.24. The molecule has 2 aromatic carbocycles. The van der Waals surface area contributed by atoms with Gasteiger partial charge < -0.3 is 5.32 Å². The third kappa shape index (κ3) is 3.37. The number of halogens is 4. The lowest BCUT2D eigenvalue weighted by Gasteiger charge is -2.18. The van der Waals surface area contributed by atoms with E-state index in [4.69, 9.17) is 11.6 Å². The maximum absolute atomic E-state index is 14.1. The molecule has 106 valence electrons. The van der Waals surface area contributed by atoms with Crippen molar-refractivity contribution >= 4 is 27.5 Å². The smallest absolute Gasteiger partial charge is 0.146 e. The molecular weight excluding hydrogens is 348 g/mol. The van der Waals surface area contributed by atoms with E-state index in [1.54, 1.807) is 25.2 Å². The Morgan fingerprint density at radius 1 is 1.25 bits per heavy atom. The van der Waals surface area contributed by atoms with E-state index in [1.807, 2.05) is 0 Å². The average Bonchev–Trinajstić information content (AvgIpc) is 2.43. The summed E-state index contributed by atoms with van der Waals surface area (Å²) in [5, 5.41) is 3.12. The van der Waals surface area contributed by atoms with Crippen LogP contribution >= 0.6 is 27.5 Å². The standard InChI is InChI=1S/C15H13BrClF2N/c1-20-14(11-3-2-4-13(17)15(11)19)8-9-7-10(18)5-6-12(9)16/h2-7,14,20H,8H2,1H3. The van der Waals surface area contributed by atoms with Crippen molar-refractivity contribution in [3.63, 3.8) is 0 Å². The number of hydrogen-bond acceptors (Lipinski definition) is 1. The van der Waals surface area contributed by atoms with Crippen molar-refractivity contribution in [1.82, 2.24) is 5.32 Å². The van der Waals surface area contributed by atoms with E-state index >= 15 is 0 Å². The molecule has 0 fully saturated rings. The Kier molecular flexibility index (Phi) is 5.13. The van der Waals surface area contributed by atoms with E-state index in [-0.39, 0.29) is 16.9 Å². The Hall–Kier alpha value is -0.970. The fraction of sp³-hybridized carbons (Fsp3) is 0.200. The third-order valence-electron chi connectivity index (χ3n) is 3.14. The van der Waals surface area contributed by atoms with E-state index in [1.165, 1.54) is 18.2 Å². The van der Waals surface area contributed by atoms with Gasteiger partial charge in [-0.2, -0.15) is 0 Å². The van der Waals surface area contributed by atoms with E-state index in [2.05, 4.69) is 21.2 Å². The molecular formula is C15H13BrClF2N. The Bertz CT molecular complexity index is 619. The molecule has 0 aliphatic carbocycles. The highest BCUT2D eigenvalue weighted by Crippen LogP contribution is 2.28. The van der Waals surface area contributed by atoms with Crippen molar-refractivity contribution in [3.05, 3.63) is 68.7 Å². The first-order valence-electron chi connectivity index (χ1n) is 6.08. The molecule has 1 N–H and O–H groups in total. The maximum Gasteiger partial charge on any atom is 0.146 e. The second kappa shape index (κ2) is 6.66. The maximum atomic E-state index is 14.1. The van der Waals surface area contributed by atoms with Crippen LogP contribution in [0.15, 0.2) is 40.9 Å². The highest BCUT2D eigenvalue weighted by Gasteiger charge is 2.17. The quantitative estimate of drug-likeness (QED) is 0.819. The molecule has 0 radical (unpaired) electrons. The normalized spacial score (nSPS) is 12.4. The lowest BCUT2D eigenvalue weighted by Crippen LogP contribution is -2.20. The Morgan fingerprint density at radius 3 is 2.70 bits per heavy atom. The second-order valence-corrected chi connectivity index (χ2v) is 5.69. The van der Waals surface area contributed by atoms with Crippen molar-refractivity contribution < 1.29 is 8.78 Å². The second-order valence-electron chi connectivity index (χ2n) is 4.42. The van der Waals surface area contributed by atoms with Crippen molar-refractivity contribution in [2.24, 2.45) is 0 Å². The van der Waals surface area contributed by atoms with Gasteiger partial charge in [0.2, 0.25) is 0 Å². The molecule has 1 unspecified atom stereocenters. The largest absolute Gasteiger partial charge is 0.313 e. The summed E-state index contributed by atoms with van der Waals surface area (Å²) in [6.07, 6.45) is 0.451. The molecule has 0 saturated carbocycles. The zero-order chi connectivity index (χ0) is 14.7. The molecule has 0 spiro atoms. The van der Waals surface area contributed by atoms with Gasteiger partial charge in [0.25, 0.3) is 0 Å². The molecule has 0 saturated heterocycles. The van der Waals surface area contributed by atoms with E-state index in [0.717, 1.165) is 10.0 Å². The SMILES string of the molecule is CNC(Cc1cc(F)ccc1Br)c1cccc(Cl)c1F. The summed E-state index contributed by atoms with van der Waals surface area (Å²) in [6, 6.07) is 9.06. The molecule has 0 aliphatic heterocycles.